The first kappa shape index (κ1) is 62.2. The SMILES string of the molecule is NCCCC[C@H](NC(=O)[C@H](Cc1cnc[nH]1)NC(=O)[C@@H]1CCCN1C(=O)C(CCCN)=NC(=O)CNC(=O)[C@H](CN)NC(=O)[C@@H](NC(=O)[C@@H](N)CCCCN)[C@@H](O)CN)C(=O)N/C(=C\CCN=C(N)N)C(=O)O. The Bertz CT molecular complexity index is 2080. The maximum atomic E-state index is 14.1. The van der Waals surface area contributed by atoms with Crippen molar-refractivity contribution in [3.05, 3.63) is 30.0 Å². The van der Waals surface area contributed by atoms with Gasteiger partial charge in [-0.2, -0.15) is 0 Å². The zero-order valence-corrected chi connectivity index (χ0v) is 40.9. The van der Waals surface area contributed by atoms with Crippen molar-refractivity contribution >= 4 is 64.9 Å². The number of carboxylic acid groups (broad SMARTS) is 1. The Balaban J connectivity index is 2.27. The quantitative estimate of drug-likeness (QED) is 0.0132. The van der Waals surface area contributed by atoms with Crippen LogP contribution in [-0.2, 0) is 49.6 Å². The van der Waals surface area contributed by atoms with Crippen molar-refractivity contribution in [3.8, 4) is 0 Å². The Morgan fingerprint density at radius 3 is 2.08 bits per heavy atom. The molecule has 1 aromatic heterocycles. The Labute approximate surface area is 421 Å². The third kappa shape index (κ3) is 22.1. The Kier molecular flexibility index (Phi) is 28.6. The van der Waals surface area contributed by atoms with Crippen LogP contribution in [0.15, 0.2) is 34.3 Å². The van der Waals surface area contributed by atoms with Gasteiger partial charge in [0.15, 0.2) is 5.96 Å². The van der Waals surface area contributed by atoms with Gasteiger partial charge in [-0.1, -0.05) is 12.5 Å². The van der Waals surface area contributed by atoms with Crippen molar-refractivity contribution in [1.29, 1.82) is 0 Å². The minimum atomic E-state index is -1.63. The minimum absolute atomic E-state index is 0.0360. The van der Waals surface area contributed by atoms with Crippen LogP contribution >= 0.6 is 0 Å². The van der Waals surface area contributed by atoms with Gasteiger partial charge in [0.25, 0.3) is 11.8 Å². The number of aliphatic imine (C=N–C) groups is 2. The highest BCUT2D eigenvalue weighted by molar-refractivity contribution is 6.40. The minimum Gasteiger partial charge on any atom is -0.477 e. The first-order valence-corrected chi connectivity index (χ1v) is 23.9. The number of carbonyl (C=O) groups excluding carboxylic acids is 8. The van der Waals surface area contributed by atoms with Gasteiger partial charge in [0.2, 0.25) is 35.4 Å². The number of nitrogens with one attached hydrogen (secondary N) is 7. The van der Waals surface area contributed by atoms with E-state index in [1.54, 1.807) is 0 Å². The van der Waals surface area contributed by atoms with E-state index in [-0.39, 0.29) is 82.8 Å². The lowest BCUT2D eigenvalue weighted by molar-refractivity contribution is -0.137. The fourth-order valence-electron chi connectivity index (χ4n) is 7.21. The van der Waals surface area contributed by atoms with Crippen LogP contribution in [-0.4, -0.2) is 185 Å². The molecular formula is C43H75N19O11. The van der Waals surface area contributed by atoms with Crippen LogP contribution in [0.4, 0.5) is 0 Å². The van der Waals surface area contributed by atoms with Gasteiger partial charge in [-0.25, -0.2) is 14.8 Å². The summed E-state index contributed by atoms with van der Waals surface area (Å²) in [5, 5.41) is 34.7. The van der Waals surface area contributed by atoms with E-state index in [0.29, 0.717) is 44.3 Å². The molecule has 0 aromatic carbocycles. The number of nitrogens with two attached hydrogens (primary N) is 8. The number of hydrogen-bond acceptors (Lipinski definition) is 18. The van der Waals surface area contributed by atoms with Crippen LogP contribution in [0.1, 0.15) is 76.3 Å². The number of unbranched alkanes of at least 4 members (excludes halogenated alkanes) is 2. The number of aromatic amines is 1. The van der Waals surface area contributed by atoms with Gasteiger partial charge in [0.05, 0.1) is 25.0 Å². The van der Waals surface area contributed by atoms with Gasteiger partial charge >= 0.3 is 5.97 Å². The topological polar surface area (TPSA) is 531 Å². The molecule has 1 aliphatic heterocycles. The standard InChI is InChI=1S/C43H75N19O11/c44-13-3-1-8-25(49)35(65)61-34(32(63)20-48)40(70)60-30(19-47)36(66)54-22-33(64)56-27(10-5-15-46)41(71)62-17-7-12-31(62)39(69)59-29(18-24-21-52-23-55-24)38(68)57-26(9-2-4-14-45)37(67)58-28(42(72)73)11-6-16-53-43(50)51/h11,21,23,25-26,29-32,34,63H,1-10,12-20,22,44-49H2,(H,52,55)(H,54,66)(H,57,68)(H,58,67)(H,59,69)(H,60,70)(H,61,65)(H,72,73)(H4,50,51,53)/b28-11-,56-27?/t25-,26-,29-,30-,31-,32-,34-/m0/s1. The zero-order valence-electron chi connectivity index (χ0n) is 40.9. The summed E-state index contributed by atoms with van der Waals surface area (Å²) in [5.74, 6) is -8.66. The van der Waals surface area contributed by atoms with E-state index in [1.165, 1.54) is 23.5 Å². The number of aliphatic hydroxyl groups excluding tert-OH is 1. The highest BCUT2D eigenvalue weighted by Gasteiger charge is 2.39. The molecular weight excluding hydrogens is 959 g/mol. The molecule has 0 radical (unpaired) electrons. The molecule has 25 N–H and O–H groups in total. The van der Waals surface area contributed by atoms with Gasteiger partial charge in [0.1, 0.15) is 41.6 Å². The van der Waals surface area contributed by atoms with Gasteiger partial charge in [0, 0.05) is 44.5 Å². The maximum Gasteiger partial charge on any atom is 0.352 e. The summed E-state index contributed by atoms with van der Waals surface area (Å²) in [6, 6.07) is -7.97. The number of carboxylic acids is 1. The molecule has 2 rings (SSSR count). The Morgan fingerprint density at radius 2 is 1.48 bits per heavy atom. The van der Waals surface area contributed by atoms with E-state index in [1.807, 2.05) is 0 Å². The first-order chi connectivity index (χ1) is 34.8. The molecule has 1 aromatic rings. The molecule has 0 unspecified atom stereocenters. The highest BCUT2D eigenvalue weighted by Crippen LogP contribution is 2.20. The summed E-state index contributed by atoms with van der Waals surface area (Å²) < 4.78 is 0. The lowest BCUT2D eigenvalue weighted by atomic mass is 10.1. The largest absolute Gasteiger partial charge is 0.477 e. The molecule has 408 valence electrons. The van der Waals surface area contributed by atoms with E-state index in [4.69, 9.17) is 45.9 Å². The fourth-order valence-corrected chi connectivity index (χ4v) is 7.21. The monoisotopic (exact) mass is 1030 g/mol. The van der Waals surface area contributed by atoms with Crippen molar-refractivity contribution in [1.82, 2.24) is 46.8 Å². The highest BCUT2D eigenvalue weighted by atomic mass is 16.4. The molecule has 0 aliphatic carbocycles. The van der Waals surface area contributed by atoms with E-state index in [0.717, 1.165) is 0 Å². The molecule has 0 bridgehead atoms. The third-order valence-corrected chi connectivity index (χ3v) is 11.2. The van der Waals surface area contributed by atoms with Gasteiger partial charge < -0.3 is 97.9 Å². The number of nitrogens with zero attached hydrogens (tertiary/aromatic N) is 4. The molecule has 73 heavy (non-hydrogen) atoms. The number of rotatable bonds is 34. The lowest BCUT2D eigenvalue weighted by Gasteiger charge is -2.27. The molecule has 30 heteroatoms. The second-order valence-corrected chi connectivity index (χ2v) is 16.9. The van der Waals surface area contributed by atoms with Gasteiger partial charge in [-0.3, -0.25) is 43.3 Å². The second kappa shape index (κ2) is 33.6. The lowest BCUT2D eigenvalue weighted by Crippen LogP contribution is -2.61. The van der Waals surface area contributed by atoms with Crippen molar-refractivity contribution in [2.45, 2.75) is 119 Å². The fraction of sp³-hybridized carbons (Fsp3) is 0.628. The van der Waals surface area contributed by atoms with Crippen molar-refractivity contribution in [2.75, 3.05) is 52.4 Å². The van der Waals surface area contributed by atoms with E-state index < -0.39 is 121 Å². The molecule has 1 aliphatic rings. The van der Waals surface area contributed by atoms with Crippen LogP contribution in [0, 0.1) is 0 Å². The predicted molar refractivity (Wildman–Crippen MR) is 266 cm³/mol. The molecule has 8 amide bonds. The second-order valence-electron chi connectivity index (χ2n) is 16.9. The zero-order chi connectivity index (χ0) is 54.5. The third-order valence-electron chi connectivity index (χ3n) is 11.2. The molecule has 1 saturated heterocycles. The van der Waals surface area contributed by atoms with Crippen LogP contribution < -0.4 is 77.8 Å². The van der Waals surface area contributed by atoms with Crippen LogP contribution in [0.5, 0.6) is 0 Å². The van der Waals surface area contributed by atoms with Crippen LogP contribution in [0.3, 0.4) is 0 Å². The number of likely N-dealkylation sites (tertiary alicyclic amines) is 1. The average molecular weight is 1030 g/mol. The molecule has 0 spiro atoms. The summed E-state index contributed by atoms with van der Waals surface area (Å²) in [6.07, 6.45) is 5.08. The first-order valence-electron chi connectivity index (χ1n) is 23.9. The predicted octanol–water partition coefficient (Wildman–Crippen LogP) is -7.68. The Morgan fingerprint density at radius 1 is 0.808 bits per heavy atom. The number of aromatic nitrogens is 2. The normalized spacial score (nSPS) is 16.2. The van der Waals surface area contributed by atoms with Crippen LogP contribution in [0.2, 0.25) is 0 Å². The van der Waals surface area contributed by atoms with Gasteiger partial charge in [-0.05, 0) is 83.8 Å². The van der Waals surface area contributed by atoms with E-state index in [9.17, 15) is 53.4 Å². The summed E-state index contributed by atoms with van der Waals surface area (Å²) in [6.45, 7) is -0.895. The molecule has 30 nitrogen and oxygen atoms in total. The number of amides is 8. The van der Waals surface area contributed by atoms with Crippen molar-refractivity contribution < 1.29 is 53.4 Å². The molecule has 2 heterocycles. The van der Waals surface area contributed by atoms with E-state index in [2.05, 4.69) is 51.9 Å². The number of H-pyrrole nitrogens is 1. The molecule has 7 atom stereocenters. The summed E-state index contributed by atoms with van der Waals surface area (Å²) in [5.41, 5.74) is 44.4. The number of imidazole rings is 1. The number of aliphatic carboxylic acids is 1. The van der Waals surface area contributed by atoms with Crippen LogP contribution in [0.25, 0.3) is 0 Å². The number of carbonyl (C=O) groups is 9. The summed E-state index contributed by atoms with van der Waals surface area (Å²) in [4.78, 5) is 136. The van der Waals surface area contributed by atoms with Crippen molar-refractivity contribution in [2.24, 2.45) is 55.9 Å². The number of aliphatic hydroxyl groups is 1. The number of guanidine groups is 1. The smallest absolute Gasteiger partial charge is 0.352 e. The van der Waals surface area contributed by atoms with Crippen molar-refractivity contribution in [3.63, 3.8) is 0 Å². The molecule has 1 fully saturated rings. The van der Waals surface area contributed by atoms with E-state index >= 15 is 0 Å². The summed E-state index contributed by atoms with van der Waals surface area (Å²) >= 11 is 0. The maximum absolute atomic E-state index is 14.1. The summed E-state index contributed by atoms with van der Waals surface area (Å²) in [7, 11) is 0. The Hall–Kier alpha value is -6.96. The number of hydrogen-bond donors (Lipinski definition) is 17. The average Bonchev–Trinajstić information content (AvgIpc) is 4.08. The molecule has 0 saturated carbocycles. The van der Waals surface area contributed by atoms with Gasteiger partial charge in [-0.15, -0.1) is 0 Å².